The van der Waals surface area contributed by atoms with Gasteiger partial charge in [0.15, 0.2) is 10.8 Å². The Bertz CT molecular complexity index is 695. The Morgan fingerprint density at radius 3 is 2.47 bits per heavy atom. The highest BCUT2D eigenvalue weighted by molar-refractivity contribution is 7.08. The fraction of sp³-hybridized carbons (Fsp3) is 0. The molecule has 0 aliphatic heterocycles. The average molecular weight is 267 g/mol. The number of carbonyl (C=O) groups is 1. The molecule has 1 aromatic carbocycles. The van der Waals surface area contributed by atoms with Crippen molar-refractivity contribution in [3.8, 4) is 11.4 Å². The molecule has 0 unspecified atom stereocenters. The Hall–Kier alpha value is -2.40. The minimum absolute atomic E-state index is 0.0987. The van der Waals surface area contributed by atoms with E-state index in [9.17, 15) is 4.79 Å². The summed E-state index contributed by atoms with van der Waals surface area (Å²) in [6.07, 6.45) is 3.35. The molecular weight excluding hydrogens is 258 g/mol. The predicted molar refractivity (Wildman–Crippen MR) is 73.0 cm³/mol. The van der Waals surface area contributed by atoms with Gasteiger partial charge in [-0.1, -0.05) is 30.3 Å². The van der Waals surface area contributed by atoms with Crippen molar-refractivity contribution in [2.24, 2.45) is 0 Å². The molecule has 92 valence electrons. The topological polar surface area (TPSA) is 55.7 Å². The SMILES string of the molecule is O=C(c1ccccc1)c1nc(-c2ccncc2)ns1. The third-order valence-electron chi connectivity index (χ3n) is 2.59. The monoisotopic (exact) mass is 267 g/mol. The highest BCUT2D eigenvalue weighted by Gasteiger charge is 2.15. The summed E-state index contributed by atoms with van der Waals surface area (Å²) in [5, 5.41) is 0.401. The lowest BCUT2D eigenvalue weighted by atomic mass is 10.1. The second-order valence-electron chi connectivity index (χ2n) is 3.85. The summed E-state index contributed by atoms with van der Waals surface area (Å²) in [4.78, 5) is 20.4. The van der Waals surface area contributed by atoms with Crippen LogP contribution in [0.2, 0.25) is 0 Å². The summed E-state index contributed by atoms with van der Waals surface area (Å²) in [7, 11) is 0. The van der Waals surface area contributed by atoms with Gasteiger partial charge in [0.2, 0.25) is 5.78 Å². The summed E-state index contributed by atoms with van der Waals surface area (Å²) in [5.41, 5.74) is 1.48. The van der Waals surface area contributed by atoms with E-state index < -0.39 is 0 Å². The first kappa shape index (κ1) is 11.7. The van der Waals surface area contributed by atoms with E-state index in [1.807, 2.05) is 30.3 Å². The number of ketones is 1. The zero-order valence-electron chi connectivity index (χ0n) is 9.85. The van der Waals surface area contributed by atoms with Crippen molar-refractivity contribution in [3.63, 3.8) is 0 Å². The number of carbonyl (C=O) groups excluding carboxylic acids is 1. The van der Waals surface area contributed by atoms with Crippen molar-refractivity contribution >= 4 is 17.3 Å². The second kappa shape index (κ2) is 5.07. The molecule has 0 aliphatic rings. The van der Waals surface area contributed by atoms with Gasteiger partial charge in [0.1, 0.15) is 0 Å². The van der Waals surface area contributed by atoms with Crippen LogP contribution >= 0.6 is 11.5 Å². The zero-order valence-corrected chi connectivity index (χ0v) is 10.7. The number of benzene rings is 1. The van der Waals surface area contributed by atoms with E-state index >= 15 is 0 Å². The molecule has 4 nitrogen and oxygen atoms in total. The lowest BCUT2D eigenvalue weighted by Gasteiger charge is -1.95. The molecule has 0 atom stereocenters. The molecule has 0 saturated carbocycles. The van der Waals surface area contributed by atoms with Gasteiger partial charge in [-0.3, -0.25) is 9.78 Å². The molecule has 0 aliphatic carbocycles. The lowest BCUT2D eigenvalue weighted by molar-refractivity contribution is 0.103. The average Bonchev–Trinajstić information content (AvgIpc) is 2.98. The van der Waals surface area contributed by atoms with Crippen LogP contribution in [0.3, 0.4) is 0 Å². The van der Waals surface area contributed by atoms with Crippen molar-refractivity contribution in [1.82, 2.24) is 14.3 Å². The van der Waals surface area contributed by atoms with Crippen molar-refractivity contribution in [2.75, 3.05) is 0 Å². The fourth-order valence-electron chi connectivity index (χ4n) is 1.65. The first-order valence-electron chi connectivity index (χ1n) is 5.68. The van der Waals surface area contributed by atoms with E-state index in [1.165, 1.54) is 0 Å². The van der Waals surface area contributed by atoms with E-state index in [0.717, 1.165) is 17.1 Å². The standard InChI is InChI=1S/C14H9N3OS/c18-12(10-4-2-1-3-5-10)14-16-13(17-19-14)11-6-8-15-9-7-11/h1-9H. The summed E-state index contributed by atoms with van der Waals surface area (Å²) in [5.74, 6) is 0.463. The molecule has 0 radical (unpaired) electrons. The van der Waals surface area contributed by atoms with Gasteiger partial charge in [-0.2, -0.15) is 4.37 Å². The molecule has 3 aromatic rings. The fourth-order valence-corrected chi connectivity index (χ4v) is 2.29. The third kappa shape index (κ3) is 2.41. The van der Waals surface area contributed by atoms with Crippen LogP contribution in [0.15, 0.2) is 54.9 Å². The van der Waals surface area contributed by atoms with E-state index in [-0.39, 0.29) is 5.78 Å². The molecule has 3 rings (SSSR count). The van der Waals surface area contributed by atoms with Gasteiger partial charge in [0, 0.05) is 23.5 Å². The zero-order chi connectivity index (χ0) is 13.1. The van der Waals surface area contributed by atoms with Crippen LogP contribution in [-0.4, -0.2) is 20.1 Å². The molecule has 0 spiro atoms. The second-order valence-corrected chi connectivity index (χ2v) is 4.61. The maximum Gasteiger partial charge on any atom is 0.223 e. The Labute approximate surface area is 114 Å². The Morgan fingerprint density at radius 2 is 1.74 bits per heavy atom. The van der Waals surface area contributed by atoms with Gasteiger partial charge in [-0.15, -0.1) is 0 Å². The smallest absolute Gasteiger partial charge is 0.223 e. The maximum absolute atomic E-state index is 12.2. The number of hydrogen-bond donors (Lipinski definition) is 0. The van der Waals surface area contributed by atoms with Crippen LogP contribution < -0.4 is 0 Å². The van der Waals surface area contributed by atoms with Crippen LogP contribution in [0.1, 0.15) is 15.4 Å². The van der Waals surface area contributed by atoms with Gasteiger partial charge in [-0.25, -0.2) is 4.98 Å². The van der Waals surface area contributed by atoms with Crippen molar-refractivity contribution in [3.05, 3.63) is 65.4 Å². The van der Waals surface area contributed by atoms with Crippen LogP contribution in [0, 0.1) is 0 Å². The summed E-state index contributed by atoms with van der Waals surface area (Å²) < 4.78 is 4.21. The Kier molecular flexibility index (Phi) is 3.12. The lowest BCUT2D eigenvalue weighted by Crippen LogP contribution is -1.99. The summed E-state index contributed by atoms with van der Waals surface area (Å²) in [6, 6.07) is 12.7. The number of rotatable bonds is 3. The van der Waals surface area contributed by atoms with Gasteiger partial charge in [-0.05, 0) is 23.7 Å². The van der Waals surface area contributed by atoms with Crippen molar-refractivity contribution < 1.29 is 4.79 Å². The number of pyridine rings is 1. The molecular formula is C14H9N3OS. The largest absolute Gasteiger partial charge is 0.286 e. The molecule has 2 heterocycles. The minimum atomic E-state index is -0.0987. The van der Waals surface area contributed by atoms with Crippen LogP contribution in [0.4, 0.5) is 0 Å². The van der Waals surface area contributed by atoms with E-state index in [1.54, 1.807) is 24.5 Å². The number of aromatic nitrogens is 3. The first-order valence-corrected chi connectivity index (χ1v) is 6.46. The molecule has 0 N–H and O–H groups in total. The van der Waals surface area contributed by atoms with Crippen molar-refractivity contribution in [1.29, 1.82) is 0 Å². The van der Waals surface area contributed by atoms with Crippen molar-refractivity contribution in [2.45, 2.75) is 0 Å². The molecule has 0 bridgehead atoms. The Morgan fingerprint density at radius 1 is 1.00 bits per heavy atom. The van der Waals surface area contributed by atoms with E-state index in [4.69, 9.17) is 0 Å². The molecule has 5 heteroatoms. The normalized spacial score (nSPS) is 10.3. The highest BCUT2D eigenvalue weighted by atomic mass is 32.1. The van der Waals surface area contributed by atoms with Gasteiger partial charge in [0.05, 0.1) is 0 Å². The maximum atomic E-state index is 12.2. The Balaban J connectivity index is 1.92. The molecule has 0 fully saturated rings. The molecule has 19 heavy (non-hydrogen) atoms. The van der Waals surface area contributed by atoms with E-state index in [0.29, 0.717) is 16.4 Å². The predicted octanol–water partition coefficient (Wildman–Crippen LogP) is 2.83. The van der Waals surface area contributed by atoms with Gasteiger partial charge < -0.3 is 0 Å². The quantitative estimate of drug-likeness (QED) is 0.685. The minimum Gasteiger partial charge on any atom is -0.286 e. The van der Waals surface area contributed by atoms with Crippen LogP contribution in [-0.2, 0) is 0 Å². The molecule has 0 amide bonds. The number of hydrogen-bond acceptors (Lipinski definition) is 5. The first-order chi connectivity index (χ1) is 9.34. The van der Waals surface area contributed by atoms with Crippen LogP contribution in [0.25, 0.3) is 11.4 Å². The highest BCUT2D eigenvalue weighted by Crippen LogP contribution is 2.19. The number of nitrogens with zero attached hydrogens (tertiary/aromatic N) is 3. The van der Waals surface area contributed by atoms with Crippen LogP contribution in [0.5, 0.6) is 0 Å². The summed E-state index contributed by atoms with van der Waals surface area (Å²) in [6.45, 7) is 0. The molecule has 2 aromatic heterocycles. The van der Waals surface area contributed by atoms with Gasteiger partial charge in [0.25, 0.3) is 0 Å². The third-order valence-corrected chi connectivity index (χ3v) is 3.31. The molecule has 0 saturated heterocycles. The van der Waals surface area contributed by atoms with E-state index in [2.05, 4.69) is 14.3 Å². The summed E-state index contributed by atoms with van der Waals surface area (Å²) >= 11 is 1.12. The van der Waals surface area contributed by atoms with Gasteiger partial charge >= 0.3 is 0 Å².